The van der Waals surface area contributed by atoms with E-state index in [0.717, 1.165) is 16.6 Å². The number of rotatable bonds is 2. The van der Waals surface area contributed by atoms with Gasteiger partial charge in [-0.25, -0.2) is 0 Å². The average Bonchev–Trinajstić information content (AvgIpc) is 2.59. The molecule has 0 aliphatic rings. The van der Waals surface area contributed by atoms with Gasteiger partial charge in [-0.15, -0.1) is 0 Å². The van der Waals surface area contributed by atoms with Crippen molar-refractivity contribution in [1.29, 1.82) is 0 Å². The van der Waals surface area contributed by atoms with Crippen LogP contribution in [0.15, 0.2) is 24.5 Å². The zero-order valence-corrected chi connectivity index (χ0v) is 8.01. The Morgan fingerprint density at radius 2 is 2.43 bits per heavy atom. The van der Waals surface area contributed by atoms with Gasteiger partial charge in [0, 0.05) is 19.4 Å². The fraction of sp³-hybridized carbons (Fsp3) is 0.300. The van der Waals surface area contributed by atoms with Crippen molar-refractivity contribution >= 4 is 11.0 Å². The van der Waals surface area contributed by atoms with Crippen LogP contribution in [0.25, 0.3) is 11.0 Å². The van der Waals surface area contributed by atoms with Crippen molar-refractivity contribution in [3.05, 3.63) is 30.1 Å². The van der Waals surface area contributed by atoms with Crippen LogP contribution in [0.3, 0.4) is 0 Å². The predicted molar refractivity (Wildman–Crippen MR) is 54.7 cm³/mol. The Hall–Kier alpha value is -1.39. The molecule has 0 bridgehead atoms. The van der Waals surface area contributed by atoms with E-state index in [9.17, 15) is 0 Å². The van der Waals surface area contributed by atoms with Gasteiger partial charge < -0.3 is 15.4 Å². The molecule has 4 heteroatoms. The zero-order chi connectivity index (χ0) is 10.1. The Morgan fingerprint density at radius 3 is 3.14 bits per heavy atom. The molecule has 14 heavy (non-hydrogen) atoms. The second kappa shape index (κ2) is 3.40. The number of pyridine rings is 1. The summed E-state index contributed by atoms with van der Waals surface area (Å²) in [6.45, 7) is -0.0579. The maximum absolute atomic E-state index is 8.92. The first kappa shape index (κ1) is 9.18. The summed E-state index contributed by atoms with van der Waals surface area (Å²) >= 11 is 0. The number of hydrogen-bond donors (Lipinski definition) is 2. The number of nitrogens with zero attached hydrogens (tertiary/aromatic N) is 2. The standard InChI is InChI=1S/C10H13N3O/c1-13-3-2-9-10(13)4-7(5-12-9)8(11)6-14/h2-5,8,14H,6,11H2,1H3. The minimum atomic E-state index is -0.346. The van der Waals surface area contributed by atoms with Crippen molar-refractivity contribution in [2.45, 2.75) is 6.04 Å². The number of fused-ring (bicyclic) bond motifs is 1. The lowest BCUT2D eigenvalue weighted by molar-refractivity contribution is 0.268. The first-order valence-electron chi connectivity index (χ1n) is 4.50. The van der Waals surface area contributed by atoms with E-state index < -0.39 is 0 Å². The zero-order valence-electron chi connectivity index (χ0n) is 8.01. The Balaban J connectivity index is 2.54. The largest absolute Gasteiger partial charge is 0.394 e. The third kappa shape index (κ3) is 1.38. The number of aryl methyl sites for hydroxylation is 1. The Labute approximate surface area is 82.0 Å². The molecule has 0 aromatic carbocycles. The molecule has 74 valence electrons. The van der Waals surface area contributed by atoms with Crippen molar-refractivity contribution < 1.29 is 5.11 Å². The first-order valence-corrected chi connectivity index (χ1v) is 4.50. The summed E-state index contributed by atoms with van der Waals surface area (Å²) in [6, 6.07) is 3.56. The second-order valence-corrected chi connectivity index (χ2v) is 3.39. The molecule has 4 nitrogen and oxygen atoms in total. The van der Waals surface area contributed by atoms with Gasteiger partial charge in [-0.05, 0) is 17.7 Å². The molecule has 0 radical (unpaired) electrons. The van der Waals surface area contributed by atoms with Gasteiger partial charge in [-0.2, -0.15) is 0 Å². The lowest BCUT2D eigenvalue weighted by Gasteiger charge is -2.08. The molecule has 2 rings (SSSR count). The normalized spacial score (nSPS) is 13.4. The number of hydrogen-bond acceptors (Lipinski definition) is 3. The number of aliphatic hydroxyl groups is 1. The van der Waals surface area contributed by atoms with Gasteiger partial charge in [0.1, 0.15) is 0 Å². The molecule has 2 aromatic rings. The molecule has 0 aliphatic carbocycles. The quantitative estimate of drug-likeness (QED) is 0.729. The summed E-state index contributed by atoms with van der Waals surface area (Å²) in [7, 11) is 1.96. The van der Waals surface area contributed by atoms with Crippen molar-refractivity contribution in [2.75, 3.05) is 6.61 Å². The van der Waals surface area contributed by atoms with Gasteiger partial charge in [0.25, 0.3) is 0 Å². The van der Waals surface area contributed by atoms with Crippen molar-refractivity contribution in [1.82, 2.24) is 9.55 Å². The maximum atomic E-state index is 8.92. The summed E-state index contributed by atoms with van der Waals surface area (Å²) in [4.78, 5) is 4.26. The first-order chi connectivity index (χ1) is 6.72. The molecule has 0 saturated carbocycles. The van der Waals surface area contributed by atoms with Crippen LogP contribution in [-0.4, -0.2) is 21.3 Å². The third-order valence-corrected chi connectivity index (χ3v) is 2.38. The molecule has 1 unspecified atom stereocenters. The SMILES string of the molecule is Cn1ccc2ncc(C(N)CO)cc21. The predicted octanol–water partition coefficient (Wildman–Crippen LogP) is 0.565. The number of aliphatic hydroxyl groups excluding tert-OH is 1. The van der Waals surface area contributed by atoms with Gasteiger partial charge >= 0.3 is 0 Å². The number of aromatic nitrogens is 2. The topological polar surface area (TPSA) is 64.1 Å². The van der Waals surface area contributed by atoms with Gasteiger partial charge in [0.05, 0.1) is 23.7 Å². The van der Waals surface area contributed by atoms with Gasteiger partial charge in [0.2, 0.25) is 0 Å². The molecule has 0 fully saturated rings. The molecule has 2 aromatic heterocycles. The molecule has 1 atom stereocenters. The minimum Gasteiger partial charge on any atom is -0.394 e. The van der Waals surface area contributed by atoms with Crippen LogP contribution in [0, 0.1) is 0 Å². The molecule has 0 saturated heterocycles. The fourth-order valence-corrected chi connectivity index (χ4v) is 1.46. The van der Waals surface area contributed by atoms with Crippen LogP contribution < -0.4 is 5.73 Å². The third-order valence-electron chi connectivity index (χ3n) is 2.38. The second-order valence-electron chi connectivity index (χ2n) is 3.39. The summed E-state index contributed by atoms with van der Waals surface area (Å²) < 4.78 is 1.98. The van der Waals surface area contributed by atoms with Crippen molar-refractivity contribution in [3.63, 3.8) is 0 Å². The number of nitrogens with two attached hydrogens (primary N) is 1. The fourth-order valence-electron chi connectivity index (χ4n) is 1.46. The molecule has 0 amide bonds. The van der Waals surface area contributed by atoms with E-state index in [1.54, 1.807) is 6.20 Å². The Morgan fingerprint density at radius 1 is 1.64 bits per heavy atom. The van der Waals surface area contributed by atoms with Crippen molar-refractivity contribution in [3.8, 4) is 0 Å². The summed E-state index contributed by atoms with van der Waals surface area (Å²) in [5, 5.41) is 8.92. The van der Waals surface area contributed by atoms with E-state index in [1.165, 1.54) is 0 Å². The van der Waals surface area contributed by atoms with E-state index in [4.69, 9.17) is 10.8 Å². The lowest BCUT2D eigenvalue weighted by atomic mass is 10.1. The van der Waals surface area contributed by atoms with E-state index in [-0.39, 0.29) is 12.6 Å². The van der Waals surface area contributed by atoms with Crippen LogP contribution in [-0.2, 0) is 7.05 Å². The Bertz CT molecular complexity index is 450. The molecule has 3 N–H and O–H groups in total. The monoisotopic (exact) mass is 191 g/mol. The van der Waals surface area contributed by atoms with E-state index >= 15 is 0 Å². The molecule has 0 aliphatic heterocycles. The average molecular weight is 191 g/mol. The van der Waals surface area contributed by atoms with Gasteiger partial charge in [-0.1, -0.05) is 0 Å². The molecule has 0 spiro atoms. The van der Waals surface area contributed by atoms with Gasteiger partial charge in [0.15, 0.2) is 0 Å². The highest BCUT2D eigenvalue weighted by molar-refractivity contribution is 5.76. The molecular formula is C10H13N3O. The molecule has 2 heterocycles. The Kier molecular flexibility index (Phi) is 2.23. The van der Waals surface area contributed by atoms with Crippen molar-refractivity contribution in [2.24, 2.45) is 12.8 Å². The highest BCUT2D eigenvalue weighted by Crippen LogP contribution is 2.16. The summed E-state index contributed by atoms with van der Waals surface area (Å²) in [5.41, 5.74) is 8.55. The van der Waals surface area contributed by atoms with E-state index in [2.05, 4.69) is 4.98 Å². The highest BCUT2D eigenvalue weighted by atomic mass is 16.3. The van der Waals surface area contributed by atoms with E-state index in [1.807, 2.05) is 29.9 Å². The maximum Gasteiger partial charge on any atom is 0.0881 e. The van der Waals surface area contributed by atoms with Crippen LogP contribution in [0.4, 0.5) is 0 Å². The van der Waals surface area contributed by atoms with Crippen LogP contribution in [0.1, 0.15) is 11.6 Å². The smallest absolute Gasteiger partial charge is 0.0881 e. The summed E-state index contributed by atoms with van der Waals surface area (Å²) in [6.07, 6.45) is 3.66. The molecular weight excluding hydrogens is 178 g/mol. The summed E-state index contributed by atoms with van der Waals surface area (Å²) in [5.74, 6) is 0. The van der Waals surface area contributed by atoms with E-state index in [0.29, 0.717) is 0 Å². The van der Waals surface area contributed by atoms with Crippen LogP contribution in [0.2, 0.25) is 0 Å². The van der Waals surface area contributed by atoms with Gasteiger partial charge in [-0.3, -0.25) is 4.98 Å². The van der Waals surface area contributed by atoms with Crippen LogP contribution in [0.5, 0.6) is 0 Å². The van der Waals surface area contributed by atoms with Crippen LogP contribution >= 0.6 is 0 Å². The minimum absolute atomic E-state index is 0.0579. The highest BCUT2D eigenvalue weighted by Gasteiger charge is 2.07. The lowest BCUT2D eigenvalue weighted by Crippen LogP contribution is -2.14.